The molecule has 0 radical (unpaired) electrons. The number of benzene rings is 2. The summed E-state index contributed by atoms with van der Waals surface area (Å²) < 4.78 is 80.3. The van der Waals surface area contributed by atoms with Crippen LogP contribution in [-0.4, -0.2) is 75.1 Å². The number of rotatable bonds is 7. The van der Waals surface area contributed by atoms with Gasteiger partial charge in [0.25, 0.3) is 0 Å². The zero-order chi connectivity index (χ0) is 27.2. The third-order valence-corrected chi connectivity index (χ3v) is 5.61. The van der Waals surface area contributed by atoms with Crippen molar-refractivity contribution in [3.63, 3.8) is 0 Å². The lowest BCUT2D eigenvalue weighted by Gasteiger charge is -2.38. The normalized spacial score (nSPS) is 24.1. The first-order valence-electron chi connectivity index (χ1n) is 10.1. The van der Waals surface area contributed by atoms with E-state index in [4.69, 9.17) is 23.6 Å². The quantitative estimate of drug-likeness (QED) is 0.262. The highest BCUT2D eigenvalue weighted by molar-refractivity contribution is 7.81. The molecule has 2 heterocycles. The summed E-state index contributed by atoms with van der Waals surface area (Å²) in [5.74, 6) is -6.22. The highest BCUT2D eigenvalue weighted by Gasteiger charge is 2.48. The van der Waals surface area contributed by atoms with Crippen LogP contribution >= 0.6 is 0 Å². The first-order valence-corrected chi connectivity index (χ1v) is 11.5. The number of hydrogen-bond acceptors (Lipinski definition) is 11. The van der Waals surface area contributed by atoms with Gasteiger partial charge in [0.1, 0.15) is 29.6 Å². The standard InChI is InChI=1S/C21H17F2NO12S/c1-2-7-3-9(36-37(30,31)32)6-12-16(7)33-19(24-12)8-4-10(22)17(11(23)5-8)34-21-15(27)13(25)14(26)18(35-21)20(28)29/h2-6,13-15,18,21,25-27H,1H2,(H,28,29)(H,30,31,32)/t13-,14-,15+,18-,21+/m0/s1. The maximum atomic E-state index is 14.8. The Balaban J connectivity index is 1.67. The maximum absolute atomic E-state index is 14.8. The number of hydrogen-bond donors (Lipinski definition) is 5. The third kappa shape index (κ3) is 5.24. The van der Waals surface area contributed by atoms with Crippen LogP contribution < -0.4 is 8.92 Å². The van der Waals surface area contributed by atoms with Crippen LogP contribution in [0.15, 0.2) is 35.3 Å². The monoisotopic (exact) mass is 545 g/mol. The summed E-state index contributed by atoms with van der Waals surface area (Å²) in [6.07, 6.45) is -9.02. The van der Waals surface area contributed by atoms with Crippen molar-refractivity contribution in [2.45, 2.75) is 30.7 Å². The van der Waals surface area contributed by atoms with E-state index in [-0.39, 0.29) is 33.9 Å². The van der Waals surface area contributed by atoms with E-state index in [1.54, 1.807) is 0 Å². The van der Waals surface area contributed by atoms with Crippen LogP contribution in [0.4, 0.5) is 8.78 Å². The predicted molar refractivity (Wildman–Crippen MR) is 117 cm³/mol. The number of aromatic nitrogens is 1. The van der Waals surface area contributed by atoms with Gasteiger partial charge < -0.3 is 38.5 Å². The Kier molecular flexibility index (Phi) is 6.89. The van der Waals surface area contributed by atoms with Crippen LogP contribution in [0.25, 0.3) is 28.6 Å². The van der Waals surface area contributed by atoms with Gasteiger partial charge in [-0.2, -0.15) is 8.42 Å². The molecular formula is C21H17F2NO12S. The minimum atomic E-state index is -4.86. The highest BCUT2D eigenvalue weighted by Crippen LogP contribution is 2.35. The van der Waals surface area contributed by atoms with Gasteiger partial charge in [-0.1, -0.05) is 12.7 Å². The van der Waals surface area contributed by atoms with Gasteiger partial charge in [-0.3, -0.25) is 4.55 Å². The Hall–Kier alpha value is -3.67. The molecule has 0 saturated carbocycles. The second-order valence-electron chi connectivity index (χ2n) is 7.72. The Labute approximate surface area is 205 Å². The van der Waals surface area contributed by atoms with Crippen LogP contribution in [0.1, 0.15) is 5.56 Å². The van der Waals surface area contributed by atoms with E-state index in [0.29, 0.717) is 0 Å². The maximum Gasteiger partial charge on any atom is 0.446 e. The summed E-state index contributed by atoms with van der Waals surface area (Å²) >= 11 is 0. The highest BCUT2D eigenvalue weighted by atomic mass is 32.3. The van der Waals surface area contributed by atoms with Crippen molar-refractivity contribution in [3.8, 4) is 23.0 Å². The number of carboxylic acids is 1. The second-order valence-corrected chi connectivity index (χ2v) is 8.74. The van der Waals surface area contributed by atoms with Gasteiger partial charge in [-0.05, 0) is 18.2 Å². The molecule has 0 spiro atoms. The van der Waals surface area contributed by atoms with Gasteiger partial charge in [0.2, 0.25) is 12.2 Å². The lowest BCUT2D eigenvalue weighted by molar-refractivity contribution is -0.271. The molecule has 1 aromatic heterocycles. The number of nitrogens with zero attached hydrogens (tertiary/aromatic N) is 1. The van der Waals surface area contributed by atoms with E-state index in [1.165, 1.54) is 6.08 Å². The van der Waals surface area contributed by atoms with E-state index in [1.807, 2.05) is 0 Å². The summed E-state index contributed by atoms with van der Waals surface area (Å²) in [6.45, 7) is 3.53. The summed E-state index contributed by atoms with van der Waals surface area (Å²) in [5.41, 5.74) is -0.0549. The van der Waals surface area contributed by atoms with Crippen LogP contribution in [0.2, 0.25) is 0 Å². The summed E-state index contributed by atoms with van der Waals surface area (Å²) in [6, 6.07) is 3.68. The largest absolute Gasteiger partial charge is 0.479 e. The van der Waals surface area contributed by atoms with Crippen molar-refractivity contribution in [3.05, 3.63) is 48.0 Å². The average molecular weight is 545 g/mol. The number of aliphatic hydroxyl groups is 3. The van der Waals surface area contributed by atoms with Crippen molar-refractivity contribution in [2.75, 3.05) is 0 Å². The van der Waals surface area contributed by atoms with Gasteiger partial charge in [0, 0.05) is 17.2 Å². The Morgan fingerprint density at radius 3 is 2.30 bits per heavy atom. The van der Waals surface area contributed by atoms with Crippen molar-refractivity contribution in [1.29, 1.82) is 0 Å². The average Bonchev–Trinajstić information content (AvgIpc) is 3.23. The number of carbonyl (C=O) groups is 1. The third-order valence-electron chi connectivity index (χ3n) is 5.21. The number of oxazole rings is 1. The fraction of sp³-hybridized carbons (Fsp3) is 0.238. The van der Waals surface area contributed by atoms with Crippen LogP contribution in [0.3, 0.4) is 0 Å². The zero-order valence-corrected chi connectivity index (χ0v) is 19.0. The fourth-order valence-electron chi connectivity index (χ4n) is 3.54. The fourth-order valence-corrected chi connectivity index (χ4v) is 3.88. The number of halogens is 2. The lowest BCUT2D eigenvalue weighted by Crippen LogP contribution is -2.61. The number of aliphatic hydroxyl groups excluding tert-OH is 3. The first kappa shape index (κ1) is 26.4. The van der Waals surface area contributed by atoms with Gasteiger partial charge in [-0.15, -0.1) is 0 Å². The molecule has 3 aromatic rings. The summed E-state index contributed by atoms with van der Waals surface area (Å²) in [5, 5.41) is 38.6. The summed E-state index contributed by atoms with van der Waals surface area (Å²) in [7, 11) is -4.86. The van der Waals surface area contributed by atoms with E-state index in [0.717, 1.165) is 24.3 Å². The second kappa shape index (κ2) is 9.66. The molecule has 1 fully saturated rings. The molecule has 0 bridgehead atoms. The Morgan fingerprint density at radius 1 is 1.08 bits per heavy atom. The minimum Gasteiger partial charge on any atom is -0.479 e. The molecule has 1 saturated heterocycles. The van der Waals surface area contributed by atoms with Crippen LogP contribution in [-0.2, 0) is 19.9 Å². The molecule has 2 aromatic carbocycles. The van der Waals surface area contributed by atoms with E-state index >= 15 is 0 Å². The van der Waals surface area contributed by atoms with Crippen molar-refractivity contribution in [1.82, 2.24) is 4.98 Å². The van der Waals surface area contributed by atoms with Crippen LogP contribution in [0.5, 0.6) is 11.5 Å². The number of carboxylic acid groups (broad SMARTS) is 1. The molecule has 0 unspecified atom stereocenters. The van der Waals surface area contributed by atoms with Gasteiger partial charge in [0.15, 0.2) is 29.1 Å². The molecule has 5 N–H and O–H groups in total. The number of fused-ring (bicyclic) bond motifs is 1. The Morgan fingerprint density at radius 2 is 1.73 bits per heavy atom. The molecule has 0 aliphatic carbocycles. The first-order chi connectivity index (χ1) is 17.3. The summed E-state index contributed by atoms with van der Waals surface area (Å²) in [4.78, 5) is 15.2. The molecule has 1 aliphatic rings. The number of ether oxygens (including phenoxy) is 2. The van der Waals surface area contributed by atoms with Gasteiger partial charge in [0.05, 0.1) is 0 Å². The van der Waals surface area contributed by atoms with Crippen molar-refractivity contribution < 1.29 is 65.0 Å². The van der Waals surface area contributed by atoms with Crippen molar-refractivity contribution in [2.24, 2.45) is 0 Å². The Bertz CT molecular complexity index is 1470. The smallest absolute Gasteiger partial charge is 0.446 e. The van der Waals surface area contributed by atoms with E-state index < -0.39 is 64.5 Å². The molecule has 198 valence electrons. The molecule has 13 nitrogen and oxygen atoms in total. The van der Waals surface area contributed by atoms with Gasteiger partial charge in [-0.25, -0.2) is 18.6 Å². The number of aliphatic carboxylic acids is 1. The molecule has 37 heavy (non-hydrogen) atoms. The van der Waals surface area contributed by atoms with E-state index in [9.17, 15) is 37.3 Å². The van der Waals surface area contributed by atoms with E-state index in [2.05, 4.69) is 15.7 Å². The molecular weight excluding hydrogens is 528 g/mol. The molecule has 1 aliphatic heterocycles. The van der Waals surface area contributed by atoms with Crippen molar-refractivity contribution >= 4 is 33.5 Å². The predicted octanol–water partition coefficient (Wildman–Crippen LogP) is 0.869. The molecule has 5 atom stereocenters. The van der Waals surface area contributed by atoms with Crippen LogP contribution in [0, 0.1) is 11.6 Å². The SMILES string of the molecule is C=Cc1cc(OS(=O)(=O)O)cc2nc(-c3cc(F)c(O[C@@H]4O[C@H](C(=O)O)[C@@H](O)[C@H](O)[C@H]4O)c(F)c3)oc12. The topological polar surface area (TPSA) is 206 Å². The minimum absolute atomic E-state index is 0.0156. The molecule has 0 amide bonds. The zero-order valence-electron chi connectivity index (χ0n) is 18.2. The van der Waals surface area contributed by atoms with Gasteiger partial charge >= 0.3 is 16.4 Å². The molecule has 16 heteroatoms. The molecule has 4 rings (SSSR count). The lowest BCUT2D eigenvalue weighted by atomic mass is 9.99.